The van der Waals surface area contributed by atoms with E-state index in [2.05, 4.69) is 4.90 Å². The number of esters is 1. The molecule has 11 heteroatoms. The van der Waals surface area contributed by atoms with E-state index in [1.54, 1.807) is 0 Å². The van der Waals surface area contributed by atoms with Crippen molar-refractivity contribution in [3.8, 4) is 11.5 Å². The van der Waals surface area contributed by atoms with Crippen molar-refractivity contribution in [2.75, 3.05) is 39.0 Å². The van der Waals surface area contributed by atoms with E-state index < -0.39 is 40.1 Å². The summed E-state index contributed by atoms with van der Waals surface area (Å²) in [6, 6.07) is 3.46. The fraction of sp³-hybridized carbons (Fsp3) is 0.667. The number of hydrogen-bond donors (Lipinski definition) is 2. The van der Waals surface area contributed by atoms with Crippen molar-refractivity contribution in [1.29, 1.82) is 0 Å². The minimum absolute atomic E-state index is 0.0121. The molecule has 1 amide bonds. The number of epoxide rings is 1. The third kappa shape index (κ3) is 1.73. The lowest BCUT2D eigenvalue weighted by Crippen LogP contribution is -2.92. The Morgan fingerprint density at radius 1 is 1.14 bits per heavy atom. The smallest absolute Gasteiger partial charge is 0.414 e. The molecule has 3 saturated heterocycles. The number of carbonyl (C=O) groups is 2. The van der Waals surface area contributed by atoms with Gasteiger partial charge in [-0.2, -0.15) is 0 Å². The lowest BCUT2D eigenvalue weighted by atomic mass is 9.36. The normalized spacial score (nSPS) is 47.0. The van der Waals surface area contributed by atoms with Crippen LogP contribution >= 0.6 is 0 Å². The molecule has 3 spiro atoms. The van der Waals surface area contributed by atoms with Gasteiger partial charge in [0.05, 0.1) is 32.1 Å². The number of benzene rings is 1. The van der Waals surface area contributed by atoms with Gasteiger partial charge in [-0.1, -0.05) is 6.07 Å². The Kier molecular flexibility index (Phi) is 3.44. The fourth-order valence-corrected chi connectivity index (χ4v) is 9.45. The van der Waals surface area contributed by atoms with Crippen molar-refractivity contribution in [3.05, 3.63) is 17.7 Å². The van der Waals surface area contributed by atoms with Gasteiger partial charge in [0.1, 0.15) is 11.6 Å². The summed E-state index contributed by atoms with van der Waals surface area (Å²) in [7, 11) is 2.45. The van der Waals surface area contributed by atoms with Gasteiger partial charge in [-0.3, -0.25) is 9.80 Å². The molecule has 5 heterocycles. The molecule has 8 aliphatic rings. The first kappa shape index (κ1) is 20.6. The highest BCUT2D eigenvalue weighted by molar-refractivity contribution is 6.02. The summed E-state index contributed by atoms with van der Waals surface area (Å²) in [6.45, 7) is 1.37. The van der Waals surface area contributed by atoms with Crippen LogP contribution in [-0.4, -0.2) is 96.8 Å². The number of fused-ring (bicyclic) bond motifs is 6. The largest absolute Gasteiger partial charge is 0.467 e. The Balaban J connectivity index is 1.53. The van der Waals surface area contributed by atoms with E-state index in [1.807, 2.05) is 12.1 Å². The molecule has 3 aliphatic carbocycles. The van der Waals surface area contributed by atoms with Crippen LogP contribution in [0.5, 0.6) is 11.5 Å². The van der Waals surface area contributed by atoms with Crippen molar-refractivity contribution in [3.63, 3.8) is 0 Å². The Bertz CT molecular complexity index is 1220. The number of ether oxygens (including phenoxy) is 5. The van der Waals surface area contributed by atoms with Crippen molar-refractivity contribution >= 4 is 17.7 Å². The standard InChI is InChI=1S/C24H26N2O9/c1-31-19(28)24(30)18(27)21-5-6-23(24)22(7-8-25(17(21)22)9-13-16(21)35-13)11-3-4-12-15(34-10-33-12)14(11)26(23)20(29)32-2/h3-4,13,16-18,27,30H,5-10H2,1-2H3. The first-order chi connectivity index (χ1) is 16.8. The van der Waals surface area contributed by atoms with Crippen LogP contribution in [0.25, 0.3) is 0 Å². The van der Waals surface area contributed by atoms with Gasteiger partial charge in [0, 0.05) is 23.4 Å². The van der Waals surface area contributed by atoms with E-state index in [4.69, 9.17) is 23.7 Å². The minimum atomic E-state index is -2.43. The van der Waals surface area contributed by atoms with E-state index in [1.165, 1.54) is 19.1 Å². The second-order valence-electron chi connectivity index (χ2n) is 10.8. The molecule has 0 radical (unpaired) electrons. The minimum Gasteiger partial charge on any atom is -0.467 e. The van der Waals surface area contributed by atoms with Crippen molar-refractivity contribution in [1.82, 2.24) is 4.90 Å². The van der Waals surface area contributed by atoms with Crippen LogP contribution in [0.1, 0.15) is 24.8 Å². The highest BCUT2D eigenvalue weighted by Crippen LogP contribution is 2.79. The zero-order chi connectivity index (χ0) is 24.1. The second kappa shape index (κ2) is 5.86. The number of aliphatic hydroxyl groups is 2. The van der Waals surface area contributed by atoms with Crippen LogP contribution in [0.2, 0.25) is 0 Å². The number of methoxy groups -OCH3 is 2. The van der Waals surface area contributed by atoms with E-state index in [9.17, 15) is 19.8 Å². The maximum atomic E-state index is 13.6. The molecular formula is C24H26N2O9. The van der Waals surface area contributed by atoms with Crippen molar-refractivity contribution in [2.45, 2.75) is 60.2 Å². The molecule has 3 saturated carbocycles. The Morgan fingerprint density at radius 3 is 2.74 bits per heavy atom. The molecule has 186 valence electrons. The van der Waals surface area contributed by atoms with Crippen molar-refractivity contribution < 1.29 is 43.5 Å². The van der Waals surface area contributed by atoms with E-state index in [-0.39, 0.29) is 31.5 Å². The number of carbonyl (C=O) groups excluding carboxylic acids is 2. The number of hydrogen-bond acceptors (Lipinski definition) is 10. The Labute approximate surface area is 200 Å². The monoisotopic (exact) mass is 486 g/mol. The molecule has 1 aromatic rings. The average molecular weight is 486 g/mol. The third-order valence-corrected chi connectivity index (χ3v) is 10.3. The van der Waals surface area contributed by atoms with Gasteiger partial charge in [-0.15, -0.1) is 0 Å². The molecule has 9 rings (SSSR count). The van der Waals surface area contributed by atoms with Crippen LogP contribution in [0.15, 0.2) is 12.1 Å². The summed E-state index contributed by atoms with van der Waals surface area (Å²) in [5.74, 6) is -0.127. The summed E-state index contributed by atoms with van der Waals surface area (Å²) >= 11 is 0. The predicted octanol–water partition coefficient (Wildman–Crippen LogP) is -0.108. The zero-order valence-corrected chi connectivity index (χ0v) is 19.4. The maximum absolute atomic E-state index is 13.6. The van der Waals surface area contributed by atoms with E-state index >= 15 is 0 Å². The molecule has 8 atom stereocenters. The summed E-state index contributed by atoms with van der Waals surface area (Å²) in [5, 5.41) is 24.6. The number of rotatable bonds is 1. The van der Waals surface area contributed by atoms with Crippen LogP contribution in [-0.2, 0) is 24.4 Å². The predicted molar refractivity (Wildman–Crippen MR) is 115 cm³/mol. The molecule has 11 nitrogen and oxygen atoms in total. The highest BCUT2D eigenvalue weighted by atomic mass is 16.7. The van der Waals surface area contributed by atoms with Crippen LogP contribution < -0.4 is 14.4 Å². The lowest BCUT2D eigenvalue weighted by Gasteiger charge is -2.72. The van der Waals surface area contributed by atoms with Gasteiger partial charge in [-0.05, 0) is 37.4 Å². The number of amides is 1. The zero-order valence-electron chi connectivity index (χ0n) is 19.4. The third-order valence-electron chi connectivity index (χ3n) is 10.3. The lowest BCUT2D eigenvalue weighted by molar-refractivity contribution is -0.279. The highest BCUT2D eigenvalue weighted by Gasteiger charge is 2.93. The summed E-state index contributed by atoms with van der Waals surface area (Å²) in [5.41, 5.74) is -4.57. The van der Waals surface area contributed by atoms with Gasteiger partial charge in [0.25, 0.3) is 0 Å². The molecule has 5 aliphatic heterocycles. The average Bonchev–Trinajstić information content (AvgIpc) is 3.22. The van der Waals surface area contributed by atoms with Crippen LogP contribution in [0, 0.1) is 5.41 Å². The van der Waals surface area contributed by atoms with Crippen molar-refractivity contribution in [2.24, 2.45) is 5.41 Å². The fourth-order valence-electron chi connectivity index (χ4n) is 9.45. The Hall–Kier alpha value is -2.60. The summed E-state index contributed by atoms with van der Waals surface area (Å²) < 4.78 is 28.0. The topological polar surface area (TPSA) is 131 Å². The molecule has 6 fully saturated rings. The molecule has 0 aromatic heterocycles. The number of aliphatic hydroxyl groups excluding tert-OH is 1. The van der Waals surface area contributed by atoms with Gasteiger partial charge in [0.2, 0.25) is 12.4 Å². The maximum Gasteiger partial charge on any atom is 0.414 e. The Morgan fingerprint density at radius 2 is 1.97 bits per heavy atom. The number of nitrogens with zero attached hydrogens (tertiary/aromatic N) is 2. The molecule has 1 aromatic carbocycles. The molecule has 2 N–H and O–H groups in total. The quantitative estimate of drug-likeness (QED) is 0.410. The van der Waals surface area contributed by atoms with Crippen LogP contribution in [0.4, 0.5) is 10.5 Å². The molecule has 35 heavy (non-hydrogen) atoms. The van der Waals surface area contributed by atoms with E-state index in [0.717, 1.165) is 5.56 Å². The first-order valence-corrected chi connectivity index (χ1v) is 12.0. The molecule has 2 bridgehead atoms. The summed E-state index contributed by atoms with van der Waals surface area (Å²) in [4.78, 5) is 30.9. The van der Waals surface area contributed by atoms with Gasteiger partial charge in [0.15, 0.2) is 11.5 Å². The van der Waals surface area contributed by atoms with Gasteiger partial charge >= 0.3 is 12.1 Å². The van der Waals surface area contributed by atoms with E-state index in [0.29, 0.717) is 43.1 Å². The number of anilines is 1. The first-order valence-electron chi connectivity index (χ1n) is 12.0. The molecular weight excluding hydrogens is 460 g/mol. The summed E-state index contributed by atoms with van der Waals surface area (Å²) in [6.07, 6.45) is -1.30. The molecule has 8 unspecified atom stereocenters. The van der Waals surface area contributed by atoms with Gasteiger partial charge in [-0.25, -0.2) is 9.59 Å². The van der Waals surface area contributed by atoms with Crippen LogP contribution in [0.3, 0.4) is 0 Å². The SMILES string of the molecule is COC(=O)N1c2c(ccc3c2OCO3)C23CCN4CC5OC5C5(CCC12C(O)(C(=O)OC)C5O)C43. The van der Waals surface area contributed by atoms with Gasteiger partial charge < -0.3 is 33.9 Å². The second-order valence-corrected chi connectivity index (χ2v) is 10.8. The number of piperidine rings is 1.